The maximum atomic E-state index is 12.2. The zero-order chi connectivity index (χ0) is 18.2. The molecule has 0 radical (unpaired) electrons. The van der Waals surface area contributed by atoms with E-state index in [1.807, 2.05) is 6.92 Å². The number of rotatable bonds is 8. The topological polar surface area (TPSA) is 55.8 Å². The summed E-state index contributed by atoms with van der Waals surface area (Å²) in [6, 6.07) is 11.9. The van der Waals surface area contributed by atoms with Crippen LogP contribution in [-0.4, -0.2) is 24.6 Å². The lowest BCUT2D eigenvalue weighted by atomic mass is 10.1. The van der Waals surface area contributed by atoms with Gasteiger partial charge in [-0.25, -0.2) is 0 Å². The van der Waals surface area contributed by atoms with Gasteiger partial charge in [0.05, 0.1) is 13.7 Å². The van der Waals surface area contributed by atoms with Crippen LogP contribution >= 0.6 is 0 Å². The first-order chi connectivity index (χ1) is 12.0. The molecule has 0 unspecified atom stereocenters. The van der Waals surface area contributed by atoms with Crippen molar-refractivity contribution in [3.63, 3.8) is 0 Å². The fourth-order valence-electron chi connectivity index (χ4n) is 2.11. The number of aromatic hydroxyl groups is 1. The lowest BCUT2D eigenvalue weighted by molar-refractivity contribution is 0.104. The van der Waals surface area contributed by atoms with E-state index >= 15 is 0 Å². The standard InChI is InChI=1S/C21H22O4/c1-15(2)12-13-25-19-10-6-17(21(23)14-19)7-11-20(22)16-4-8-18(24-3)9-5-16/h4-11,14,23H,1,12-13H2,2-3H3. The molecule has 130 valence electrons. The van der Waals surface area contributed by atoms with E-state index in [1.54, 1.807) is 49.6 Å². The monoisotopic (exact) mass is 338 g/mol. The van der Waals surface area contributed by atoms with E-state index in [0.717, 1.165) is 12.0 Å². The van der Waals surface area contributed by atoms with E-state index in [4.69, 9.17) is 9.47 Å². The molecule has 2 aromatic rings. The maximum Gasteiger partial charge on any atom is 0.185 e. The van der Waals surface area contributed by atoms with Crippen LogP contribution in [-0.2, 0) is 0 Å². The number of hydrogen-bond acceptors (Lipinski definition) is 4. The van der Waals surface area contributed by atoms with Crippen LogP contribution in [0.15, 0.2) is 60.7 Å². The molecule has 0 fully saturated rings. The van der Waals surface area contributed by atoms with Crippen molar-refractivity contribution in [2.24, 2.45) is 0 Å². The maximum absolute atomic E-state index is 12.2. The Bertz CT molecular complexity index is 773. The minimum Gasteiger partial charge on any atom is -0.507 e. The third-order valence-corrected chi connectivity index (χ3v) is 3.59. The van der Waals surface area contributed by atoms with Crippen molar-refractivity contribution < 1.29 is 19.4 Å². The molecular formula is C21H22O4. The van der Waals surface area contributed by atoms with Crippen LogP contribution in [0.3, 0.4) is 0 Å². The van der Waals surface area contributed by atoms with Gasteiger partial charge in [-0.2, -0.15) is 0 Å². The molecule has 2 rings (SSSR count). The van der Waals surface area contributed by atoms with Crippen molar-refractivity contribution in [2.75, 3.05) is 13.7 Å². The predicted octanol–water partition coefficient (Wildman–Crippen LogP) is 4.64. The summed E-state index contributed by atoms with van der Waals surface area (Å²) >= 11 is 0. The third-order valence-electron chi connectivity index (χ3n) is 3.59. The molecule has 4 nitrogen and oxygen atoms in total. The number of phenolic OH excluding ortho intramolecular Hbond substituents is 1. The molecule has 25 heavy (non-hydrogen) atoms. The Morgan fingerprint density at radius 1 is 1.16 bits per heavy atom. The van der Waals surface area contributed by atoms with Crippen molar-refractivity contribution in [3.8, 4) is 17.2 Å². The molecular weight excluding hydrogens is 316 g/mol. The van der Waals surface area contributed by atoms with Crippen molar-refractivity contribution in [3.05, 3.63) is 71.8 Å². The Labute approximate surface area is 148 Å². The average Bonchev–Trinajstić information content (AvgIpc) is 2.60. The molecule has 1 N–H and O–H groups in total. The Morgan fingerprint density at radius 2 is 1.84 bits per heavy atom. The normalized spacial score (nSPS) is 10.6. The van der Waals surface area contributed by atoms with Gasteiger partial charge in [-0.15, -0.1) is 6.58 Å². The van der Waals surface area contributed by atoms with Crippen molar-refractivity contribution in [1.82, 2.24) is 0 Å². The lowest BCUT2D eigenvalue weighted by Crippen LogP contribution is -1.97. The van der Waals surface area contributed by atoms with Gasteiger partial charge in [-0.05, 0) is 55.5 Å². The first-order valence-electron chi connectivity index (χ1n) is 7.96. The predicted molar refractivity (Wildman–Crippen MR) is 99.4 cm³/mol. The number of hydrogen-bond donors (Lipinski definition) is 1. The fourth-order valence-corrected chi connectivity index (χ4v) is 2.11. The van der Waals surface area contributed by atoms with E-state index in [-0.39, 0.29) is 11.5 Å². The highest BCUT2D eigenvalue weighted by atomic mass is 16.5. The molecule has 0 aliphatic heterocycles. The second-order valence-electron chi connectivity index (χ2n) is 5.70. The van der Waals surface area contributed by atoms with E-state index < -0.39 is 0 Å². The summed E-state index contributed by atoms with van der Waals surface area (Å²) in [5.74, 6) is 1.19. The minimum absolute atomic E-state index is 0.0617. The van der Waals surface area contributed by atoms with Crippen LogP contribution < -0.4 is 9.47 Å². The Kier molecular flexibility index (Phi) is 6.40. The molecule has 0 amide bonds. The molecule has 2 aromatic carbocycles. The number of carbonyl (C=O) groups excluding carboxylic acids is 1. The molecule has 0 saturated heterocycles. The van der Waals surface area contributed by atoms with Gasteiger partial charge in [0.1, 0.15) is 17.2 Å². The van der Waals surface area contributed by atoms with Gasteiger partial charge in [-0.3, -0.25) is 4.79 Å². The molecule has 0 spiro atoms. The van der Waals surface area contributed by atoms with Gasteiger partial charge in [-0.1, -0.05) is 5.57 Å². The van der Waals surface area contributed by atoms with E-state index in [2.05, 4.69) is 6.58 Å². The first kappa shape index (κ1) is 18.3. The van der Waals surface area contributed by atoms with Crippen LogP contribution in [0.2, 0.25) is 0 Å². The van der Waals surface area contributed by atoms with Crippen LogP contribution in [0, 0.1) is 0 Å². The smallest absolute Gasteiger partial charge is 0.185 e. The molecule has 0 aromatic heterocycles. The fraction of sp³-hybridized carbons (Fsp3) is 0.190. The summed E-state index contributed by atoms with van der Waals surface area (Å²) in [5.41, 5.74) is 2.14. The molecule has 0 saturated carbocycles. The van der Waals surface area contributed by atoms with Gasteiger partial charge in [0, 0.05) is 23.6 Å². The van der Waals surface area contributed by atoms with Gasteiger partial charge >= 0.3 is 0 Å². The van der Waals surface area contributed by atoms with Crippen molar-refractivity contribution in [2.45, 2.75) is 13.3 Å². The molecule has 0 bridgehead atoms. The zero-order valence-electron chi connectivity index (χ0n) is 14.5. The van der Waals surface area contributed by atoms with Crippen LogP contribution in [0.25, 0.3) is 6.08 Å². The molecule has 0 heterocycles. The Balaban J connectivity index is 2.02. The summed E-state index contributed by atoms with van der Waals surface area (Å²) in [5, 5.41) is 10.1. The highest BCUT2D eigenvalue weighted by Crippen LogP contribution is 2.25. The first-order valence-corrected chi connectivity index (χ1v) is 7.96. The summed E-state index contributed by atoms with van der Waals surface area (Å²) in [4.78, 5) is 12.2. The average molecular weight is 338 g/mol. The quantitative estimate of drug-likeness (QED) is 0.433. The molecule has 0 atom stereocenters. The largest absolute Gasteiger partial charge is 0.507 e. The number of carbonyl (C=O) groups is 1. The van der Waals surface area contributed by atoms with Crippen molar-refractivity contribution in [1.29, 1.82) is 0 Å². The van der Waals surface area contributed by atoms with Crippen LogP contribution in [0.5, 0.6) is 17.2 Å². The Morgan fingerprint density at radius 3 is 2.44 bits per heavy atom. The van der Waals surface area contributed by atoms with E-state index in [1.165, 1.54) is 12.1 Å². The van der Waals surface area contributed by atoms with Gasteiger partial charge in [0.2, 0.25) is 0 Å². The zero-order valence-corrected chi connectivity index (χ0v) is 14.5. The Hall–Kier alpha value is -3.01. The number of methoxy groups -OCH3 is 1. The molecule has 4 heteroatoms. The summed E-state index contributed by atoms with van der Waals surface area (Å²) < 4.78 is 10.6. The summed E-state index contributed by atoms with van der Waals surface area (Å²) in [7, 11) is 1.57. The highest BCUT2D eigenvalue weighted by Gasteiger charge is 2.04. The number of benzene rings is 2. The van der Waals surface area contributed by atoms with Gasteiger partial charge < -0.3 is 14.6 Å². The minimum atomic E-state index is -0.149. The lowest BCUT2D eigenvalue weighted by Gasteiger charge is -2.07. The third kappa shape index (κ3) is 5.53. The molecule has 0 aliphatic rings. The van der Waals surface area contributed by atoms with Gasteiger partial charge in [0.25, 0.3) is 0 Å². The number of phenols is 1. The van der Waals surface area contributed by atoms with E-state index in [0.29, 0.717) is 29.2 Å². The number of ether oxygens (including phenoxy) is 2. The van der Waals surface area contributed by atoms with Gasteiger partial charge in [0.15, 0.2) is 5.78 Å². The SMILES string of the molecule is C=C(C)CCOc1ccc(C=CC(=O)c2ccc(OC)cc2)c(O)c1. The second-order valence-corrected chi connectivity index (χ2v) is 5.70. The van der Waals surface area contributed by atoms with Crippen LogP contribution in [0.1, 0.15) is 29.3 Å². The highest BCUT2D eigenvalue weighted by molar-refractivity contribution is 6.07. The van der Waals surface area contributed by atoms with Crippen LogP contribution in [0.4, 0.5) is 0 Å². The number of ketones is 1. The second kappa shape index (κ2) is 8.73. The summed E-state index contributed by atoms with van der Waals surface area (Å²) in [6.07, 6.45) is 3.77. The molecule has 0 aliphatic carbocycles. The number of allylic oxidation sites excluding steroid dienone is 1. The summed E-state index contributed by atoms with van der Waals surface area (Å²) in [6.45, 7) is 6.27. The van der Waals surface area contributed by atoms with Crippen molar-refractivity contribution >= 4 is 11.9 Å². The van der Waals surface area contributed by atoms with E-state index in [9.17, 15) is 9.90 Å².